The summed E-state index contributed by atoms with van der Waals surface area (Å²) in [5.41, 5.74) is 0. The third-order valence-electron chi connectivity index (χ3n) is 2.81. The first-order chi connectivity index (χ1) is 8.51. The Morgan fingerprint density at radius 1 is 1.28 bits per heavy atom. The number of carboxylic acids is 1. The van der Waals surface area contributed by atoms with E-state index in [4.69, 9.17) is 9.84 Å². The Balaban J connectivity index is 2.09. The number of methoxy groups -OCH3 is 1. The van der Waals surface area contributed by atoms with Crippen LogP contribution in [-0.2, 0) is 14.3 Å². The number of carbonyl (C=O) groups is 3. The summed E-state index contributed by atoms with van der Waals surface area (Å²) in [6.45, 7) is 0. The highest BCUT2D eigenvalue weighted by molar-refractivity contribution is 5.94. The first kappa shape index (κ1) is 14.4. The number of amides is 3. The van der Waals surface area contributed by atoms with Crippen molar-refractivity contribution >= 4 is 17.9 Å². The van der Waals surface area contributed by atoms with Gasteiger partial charge in [-0.25, -0.2) is 4.79 Å². The highest BCUT2D eigenvalue weighted by atomic mass is 16.5. The molecule has 3 N–H and O–H groups in total. The minimum Gasteiger partial charge on any atom is -0.481 e. The number of ether oxygens (including phenoxy) is 1. The van der Waals surface area contributed by atoms with Gasteiger partial charge in [0.25, 0.3) is 0 Å². The number of carbonyl (C=O) groups excluding carboxylic acids is 2. The number of hydrogen-bond donors (Lipinski definition) is 3. The van der Waals surface area contributed by atoms with Crippen LogP contribution in [-0.4, -0.2) is 42.3 Å². The van der Waals surface area contributed by atoms with Crippen molar-refractivity contribution in [1.29, 1.82) is 0 Å². The van der Waals surface area contributed by atoms with E-state index in [1.165, 1.54) is 0 Å². The van der Waals surface area contributed by atoms with E-state index in [9.17, 15) is 14.4 Å². The summed E-state index contributed by atoms with van der Waals surface area (Å²) in [6.07, 6.45) is 1.86. The molecule has 1 rings (SSSR count). The molecule has 3 amide bonds. The quantitative estimate of drug-likeness (QED) is 0.633. The van der Waals surface area contributed by atoms with Crippen LogP contribution in [0.1, 0.15) is 32.1 Å². The zero-order chi connectivity index (χ0) is 13.5. The summed E-state index contributed by atoms with van der Waals surface area (Å²) in [4.78, 5) is 32.8. The van der Waals surface area contributed by atoms with Crippen molar-refractivity contribution in [3.8, 4) is 0 Å². The Bertz CT molecular complexity index is 325. The molecule has 102 valence electrons. The van der Waals surface area contributed by atoms with Crippen LogP contribution in [0.15, 0.2) is 0 Å². The number of aliphatic carboxylic acids is 1. The molecule has 18 heavy (non-hydrogen) atoms. The summed E-state index contributed by atoms with van der Waals surface area (Å²) in [7, 11) is 1.62. The Morgan fingerprint density at radius 2 is 1.94 bits per heavy atom. The van der Waals surface area contributed by atoms with E-state index in [2.05, 4.69) is 10.6 Å². The third kappa shape index (κ3) is 5.13. The number of carboxylic acid groups (broad SMARTS) is 1. The molecule has 7 heteroatoms. The third-order valence-corrected chi connectivity index (χ3v) is 2.81. The smallest absolute Gasteiger partial charge is 0.321 e. The number of nitrogens with one attached hydrogen (secondary N) is 2. The molecule has 0 aromatic rings. The van der Waals surface area contributed by atoms with Crippen LogP contribution in [0.5, 0.6) is 0 Å². The van der Waals surface area contributed by atoms with Gasteiger partial charge in [0.15, 0.2) is 0 Å². The predicted molar refractivity (Wildman–Crippen MR) is 62.0 cm³/mol. The fraction of sp³-hybridized carbons (Fsp3) is 0.727. The molecule has 1 aliphatic rings. The van der Waals surface area contributed by atoms with Gasteiger partial charge >= 0.3 is 12.0 Å². The topological polar surface area (TPSA) is 105 Å². The van der Waals surface area contributed by atoms with Gasteiger partial charge in [0, 0.05) is 26.0 Å². The van der Waals surface area contributed by atoms with Crippen molar-refractivity contribution in [2.75, 3.05) is 7.11 Å². The van der Waals surface area contributed by atoms with Crippen LogP contribution >= 0.6 is 0 Å². The molecule has 0 aromatic carbocycles. The molecule has 0 bridgehead atoms. The molecule has 1 fully saturated rings. The van der Waals surface area contributed by atoms with Gasteiger partial charge in [-0.15, -0.1) is 0 Å². The summed E-state index contributed by atoms with van der Waals surface area (Å²) in [5, 5.41) is 13.2. The molecule has 0 heterocycles. The summed E-state index contributed by atoms with van der Waals surface area (Å²) in [6, 6.07) is -0.489. The van der Waals surface area contributed by atoms with E-state index < -0.39 is 17.9 Å². The maximum atomic E-state index is 11.3. The van der Waals surface area contributed by atoms with Crippen LogP contribution < -0.4 is 10.6 Å². The van der Waals surface area contributed by atoms with Crippen molar-refractivity contribution in [1.82, 2.24) is 10.6 Å². The molecular formula is C11H18N2O5. The van der Waals surface area contributed by atoms with E-state index in [-0.39, 0.29) is 31.4 Å². The van der Waals surface area contributed by atoms with Crippen molar-refractivity contribution in [3.63, 3.8) is 0 Å². The van der Waals surface area contributed by atoms with Gasteiger partial charge in [-0.05, 0) is 19.3 Å². The molecule has 1 aliphatic carbocycles. The molecule has 0 aliphatic heterocycles. The molecule has 0 aromatic heterocycles. The van der Waals surface area contributed by atoms with Gasteiger partial charge in [-0.3, -0.25) is 14.9 Å². The van der Waals surface area contributed by atoms with Gasteiger partial charge in [0.1, 0.15) is 0 Å². The Labute approximate surface area is 105 Å². The molecule has 0 saturated heterocycles. The summed E-state index contributed by atoms with van der Waals surface area (Å²) < 4.78 is 5.06. The van der Waals surface area contributed by atoms with E-state index >= 15 is 0 Å². The van der Waals surface area contributed by atoms with Gasteiger partial charge in [0.05, 0.1) is 6.10 Å². The van der Waals surface area contributed by atoms with Crippen LogP contribution in [0.3, 0.4) is 0 Å². The standard InChI is InChI=1S/C11H18N2O5/c1-18-8-5-7(6-8)12-11(17)13-9(14)3-2-4-10(15)16/h7-8H,2-6H2,1H3,(H,15,16)(H2,12,13,14,17). The maximum Gasteiger partial charge on any atom is 0.321 e. The normalized spacial score (nSPS) is 21.8. The second-order valence-electron chi connectivity index (χ2n) is 4.29. The van der Waals surface area contributed by atoms with Crippen LogP contribution in [0.2, 0.25) is 0 Å². The molecule has 7 nitrogen and oxygen atoms in total. The second-order valence-corrected chi connectivity index (χ2v) is 4.29. The summed E-state index contributed by atoms with van der Waals surface area (Å²) in [5.74, 6) is -1.41. The minimum absolute atomic E-state index is 0.0328. The van der Waals surface area contributed by atoms with E-state index in [0.717, 1.165) is 12.8 Å². The highest BCUT2D eigenvalue weighted by Gasteiger charge is 2.30. The largest absolute Gasteiger partial charge is 0.481 e. The molecule has 0 unspecified atom stereocenters. The number of imide groups is 1. The van der Waals surface area contributed by atoms with Crippen molar-refractivity contribution in [3.05, 3.63) is 0 Å². The lowest BCUT2D eigenvalue weighted by molar-refractivity contribution is -0.137. The lowest BCUT2D eigenvalue weighted by Crippen LogP contribution is -2.51. The zero-order valence-electron chi connectivity index (χ0n) is 10.3. The SMILES string of the molecule is COC1CC(NC(=O)NC(=O)CCCC(=O)O)C1. The second kappa shape index (κ2) is 6.95. The van der Waals surface area contributed by atoms with Gasteiger partial charge < -0.3 is 15.2 Å². The highest BCUT2D eigenvalue weighted by Crippen LogP contribution is 2.22. The molecule has 0 radical (unpaired) electrons. The van der Waals surface area contributed by atoms with E-state index in [0.29, 0.717) is 0 Å². The maximum absolute atomic E-state index is 11.3. The Morgan fingerprint density at radius 3 is 2.50 bits per heavy atom. The average Bonchev–Trinajstić information content (AvgIpc) is 2.22. The van der Waals surface area contributed by atoms with Gasteiger partial charge in [-0.1, -0.05) is 0 Å². The number of rotatable bonds is 6. The fourth-order valence-corrected chi connectivity index (χ4v) is 1.69. The van der Waals surface area contributed by atoms with E-state index in [1.807, 2.05) is 0 Å². The molecule has 0 spiro atoms. The van der Waals surface area contributed by atoms with E-state index in [1.54, 1.807) is 7.11 Å². The first-order valence-corrected chi connectivity index (χ1v) is 5.86. The lowest BCUT2D eigenvalue weighted by atomic mass is 9.89. The van der Waals surface area contributed by atoms with Gasteiger partial charge in [-0.2, -0.15) is 0 Å². The van der Waals surface area contributed by atoms with Crippen LogP contribution in [0.25, 0.3) is 0 Å². The Hall–Kier alpha value is -1.63. The zero-order valence-corrected chi connectivity index (χ0v) is 10.3. The van der Waals surface area contributed by atoms with Crippen LogP contribution in [0, 0.1) is 0 Å². The number of hydrogen-bond acceptors (Lipinski definition) is 4. The fourth-order valence-electron chi connectivity index (χ4n) is 1.69. The minimum atomic E-state index is -0.952. The predicted octanol–water partition coefficient (Wildman–Crippen LogP) is 0.244. The van der Waals surface area contributed by atoms with Crippen LogP contribution in [0.4, 0.5) is 4.79 Å². The molecule has 1 saturated carbocycles. The number of urea groups is 1. The molecular weight excluding hydrogens is 240 g/mol. The van der Waals surface area contributed by atoms with Gasteiger partial charge in [0.2, 0.25) is 5.91 Å². The van der Waals surface area contributed by atoms with Crippen molar-refractivity contribution in [2.45, 2.75) is 44.2 Å². The lowest BCUT2D eigenvalue weighted by Gasteiger charge is -2.34. The summed E-state index contributed by atoms with van der Waals surface area (Å²) >= 11 is 0. The average molecular weight is 258 g/mol. The first-order valence-electron chi connectivity index (χ1n) is 5.86. The monoisotopic (exact) mass is 258 g/mol. The van der Waals surface area contributed by atoms with Crippen molar-refractivity contribution < 1.29 is 24.2 Å². The Kier molecular flexibility index (Phi) is 5.57. The van der Waals surface area contributed by atoms with Crippen molar-refractivity contribution in [2.24, 2.45) is 0 Å². The molecule has 0 atom stereocenters.